The van der Waals surface area contributed by atoms with E-state index in [1.807, 2.05) is 0 Å². The Morgan fingerprint density at radius 1 is 1.53 bits per heavy atom. The van der Waals surface area contributed by atoms with Crippen LogP contribution in [-0.2, 0) is 0 Å². The second-order valence-corrected chi connectivity index (χ2v) is 3.83. The van der Waals surface area contributed by atoms with E-state index in [-0.39, 0.29) is 11.6 Å². The Balaban J connectivity index is 2.76. The average molecular weight is 269 g/mol. The van der Waals surface area contributed by atoms with Gasteiger partial charge >= 0.3 is 0 Å². The number of ketones is 1. The standard InChI is InChI=1S/C12H10BrFO/c1-2-3-4-5-12(15)10-7-6-9(14)8-11(10)13/h6-8H,4-5H2,1H3. The minimum Gasteiger partial charge on any atom is -0.294 e. The zero-order chi connectivity index (χ0) is 11.3. The third-order valence-corrected chi connectivity index (χ3v) is 2.54. The molecule has 0 fully saturated rings. The SMILES string of the molecule is CC#CCCC(=O)c1ccc(F)cc1Br. The Morgan fingerprint density at radius 2 is 2.27 bits per heavy atom. The van der Waals surface area contributed by atoms with Crippen LogP contribution in [-0.4, -0.2) is 5.78 Å². The molecule has 0 heterocycles. The van der Waals surface area contributed by atoms with Gasteiger partial charge in [-0.2, -0.15) is 0 Å². The van der Waals surface area contributed by atoms with Gasteiger partial charge < -0.3 is 0 Å². The summed E-state index contributed by atoms with van der Waals surface area (Å²) in [6.07, 6.45) is 0.907. The van der Waals surface area contributed by atoms with Crippen molar-refractivity contribution in [3.05, 3.63) is 34.1 Å². The Morgan fingerprint density at radius 3 is 2.87 bits per heavy atom. The smallest absolute Gasteiger partial charge is 0.164 e. The fraction of sp³-hybridized carbons (Fsp3) is 0.250. The van der Waals surface area contributed by atoms with Crippen LogP contribution in [0.3, 0.4) is 0 Å². The van der Waals surface area contributed by atoms with Gasteiger partial charge in [-0.05, 0) is 41.1 Å². The van der Waals surface area contributed by atoms with Crippen molar-refractivity contribution >= 4 is 21.7 Å². The summed E-state index contributed by atoms with van der Waals surface area (Å²) in [6.45, 7) is 1.73. The first-order chi connectivity index (χ1) is 7.15. The van der Waals surface area contributed by atoms with Crippen LogP contribution in [0.4, 0.5) is 4.39 Å². The largest absolute Gasteiger partial charge is 0.294 e. The normalized spacial score (nSPS) is 9.27. The summed E-state index contributed by atoms with van der Waals surface area (Å²) in [7, 11) is 0. The van der Waals surface area contributed by atoms with Crippen LogP contribution in [0.5, 0.6) is 0 Å². The molecule has 0 saturated carbocycles. The van der Waals surface area contributed by atoms with Crippen molar-refractivity contribution in [1.82, 2.24) is 0 Å². The zero-order valence-corrected chi connectivity index (χ0v) is 9.90. The first kappa shape index (κ1) is 11.9. The first-order valence-corrected chi connectivity index (χ1v) is 5.32. The summed E-state index contributed by atoms with van der Waals surface area (Å²) in [5.41, 5.74) is 0.509. The summed E-state index contributed by atoms with van der Waals surface area (Å²) in [5.74, 6) is 5.17. The Bertz CT molecular complexity index is 429. The maximum absolute atomic E-state index is 12.8. The Hall–Kier alpha value is -1.14. The van der Waals surface area contributed by atoms with Crippen molar-refractivity contribution in [2.45, 2.75) is 19.8 Å². The van der Waals surface area contributed by atoms with E-state index in [4.69, 9.17) is 0 Å². The minimum absolute atomic E-state index is 0.0235. The lowest BCUT2D eigenvalue weighted by atomic mass is 10.1. The Labute approximate surface area is 96.8 Å². The molecule has 0 unspecified atom stereocenters. The van der Waals surface area contributed by atoms with Gasteiger partial charge in [-0.3, -0.25) is 4.79 Å². The highest BCUT2D eigenvalue weighted by Crippen LogP contribution is 2.19. The zero-order valence-electron chi connectivity index (χ0n) is 8.31. The molecule has 1 aromatic rings. The maximum Gasteiger partial charge on any atom is 0.164 e. The molecule has 0 bridgehead atoms. The molecule has 0 atom stereocenters. The fourth-order valence-corrected chi connectivity index (χ4v) is 1.72. The van der Waals surface area contributed by atoms with E-state index >= 15 is 0 Å². The molecular weight excluding hydrogens is 259 g/mol. The molecule has 1 aromatic carbocycles. The summed E-state index contributed by atoms with van der Waals surface area (Å²) < 4.78 is 13.3. The molecule has 0 N–H and O–H groups in total. The summed E-state index contributed by atoms with van der Waals surface area (Å²) in [4.78, 5) is 11.6. The van der Waals surface area contributed by atoms with Crippen molar-refractivity contribution < 1.29 is 9.18 Å². The molecule has 15 heavy (non-hydrogen) atoms. The number of hydrogen-bond acceptors (Lipinski definition) is 1. The van der Waals surface area contributed by atoms with Gasteiger partial charge in [0.1, 0.15) is 5.82 Å². The van der Waals surface area contributed by atoms with Crippen LogP contribution in [0.15, 0.2) is 22.7 Å². The molecule has 3 heteroatoms. The Kier molecular flexibility index (Phi) is 4.51. The number of Topliss-reactive ketones (excluding diaryl/α,β-unsaturated/α-hetero) is 1. The molecule has 0 aromatic heterocycles. The van der Waals surface area contributed by atoms with Gasteiger partial charge in [0, 0.05) is 22.9 Å². The average Bonchev–Trinajstić information content (AvgIpc) is 2.17. The van der Waals surface area contributed by atoms with E-state index < -0.39 is 0 Å². The number of carbonyl (C=O) groups excluding carboxylic acids is 1. The molecule has 0 aliphatic carbocycles. The predicted molar refractivity (Wildman–Crippen MR) is 61.1 cm³/mol. The van der Waals surface area contributed by atoms with E-state index in [0.717, 1.165) is 0 Å². The van der Waals surface area contributed by atoms with Crippen LogP contribution in [0, 0.1) is 17.7 Å². The van der Waals surface area contributed by atoms with Crippen molar-refractivity contribution in [3.8, 4) is 11.8 Å². The summed E-state index contributed by atoms with van der Waals surface area (Å²) in [6, 6.07) is 4.06. The molecule has 0 spiro atoms. The summed E-state index contributed by atoms with van der Waals surface area (Å²) in [5, 5.41) is 0. The number of carbonyl (C=O) groups is 1. The van der Waals surface area contributed by atoms with Crippen molar-refractivity contribution in [2.24, 2.45) is 0 Å². The lowest BCUT2D eigenvalue weighted by Crippen LogP contribution is -1.99. The lowest BCUT2D eigenvalue weighted by molar-refractivity contribution is 0.0983. The van der Waals surface area contributed by atoms with Crippen LogP contribution >= 0.6 is 15.9 Å². The molecule has 78 valence electrons. The molecule has 0 aliphatic heterocycles. The highest BCUT2D eigenvalue weighted by Gasteiger charge is 2.09. The lowest BCUT2D eigenvalue weighted by Gasteiger charge is -2.01. The number of rotatable bonds is 3. The number of benzene rings is 1. The third-order valence-electron chi connectivity index (χ3n) is 1.89. The van der Waals surface area contributed by atoms with Gasteiger partial charge in [0.15, 0.2) is 5.78 Å². The molecule has 0 saturated heterocycles. The predicted octanol–water partition coefficient (Wildman–Crippen LogP) is 3.57. The molecule has 1 rings (SSSR count). The van der Waals surface area contributed by atoms with Crippen molar-refractivity contribution in [2.75, 3.05) is 0 Å². The monoisotopic (exact) mass is 268 g/mol. The van der Waals surface area contributed by atoms with Gasteiger partial charge in [-0.25, -0.2) is 4.39 Å². The first-order valence-electron chi connectivity index (χ1n) is 4.53. The molecule has 0 amide bonds. The van der Waals surface area contributed by atoms with Crippen LogP contribution in [0.1, 0.15) is 30.1 Å². The van der Waals surface area contributed by atoms with Crippen molar-refractivity contribution in [1.29, 1.82) is 0 Å². The third kappa shape index (κ3) is 3.49. The van der Waals surface area contributed by atoms with Gasteiger partial charge in [-0.15, -0.1) is 11.8 Å². The molecule has 1 nitrogen and oxygen atoms in total. The van der Waals surface area contributed by atoms with E-state index in [9.17, 15) is 9.18 Å². The summed E-state index contributed by atoms with van der Waals surface area (Å²) >= 11 is 3.16. The van der Waals surface area contributed by atoms with Gasteiger partial charge in [0.25, 0.3) is 0 Å². The molecule has 0 radical (unpaired) electrons. The fourth-order valence-electron chi connectivity index (χ4n) is 1.15. The number of hydrogen-bond donors (Lipinski definition) is 0. The highest BCUT2D eigenvalue weighted by molar-refractivity contribution is 9.10. The van der Waals surface area contributed by atoms with Crippen LogP contribution < -0.4 is 0 Å². The second-order valence-electron chi connectivity index (χ2n) is 2.97. The van der Waals surface area contributed by atoms with E-state index in [2.05, 4.69) is 27.8 Å². The maximum atomic E-state index is 12.8. The quantitative estimate of drug-likeness (QED) is 0.605. The second kappa shape index (κ2) is 5.67. The minimum atomic E-state index is -0.355. The van der Waals surface area contributed by atoms with Crippen LogP contribution in [0.25, 0.3) is 0 Å². The van der Waals surface area contributed by atoms with E-state index in [1.54, 1.807) is 6.92 Å². The van der Waals surface area contributed by atoms with Crippen LogP contribution in [0.2, 0.25) is 0 Å². The molecular formula is C12H10BrFO. The highest BCUT2D eigenvalue weighted by atomic mass is 79.9. The van der Waals surface area contributed by atoms with Crippen molar-refractivity contribution in [3.63, 3.8) is 0 Å². The van der Waals surface area contributed by atoms with Gasteiger partial charge in [-0.1, -0.05) is 0 Å². The van der Waals surface area contributed by atoms with E-state index in [1.165, 1.54) is 18.2 Å². The molecule has 0 aliphatic rings. The topological polar surface area (TPSA) is 17.1 Å². The van der Waals surface area contributed by atoms with E-state index in [0.29, 0.717) is 22.9 Å². The number of halogens is 2. The van der Waals surface area contributed by atoms with Gasteiger partial charge in [0.05, 0.1) is 0 Å². The van der Waals surface area contributed by atoms with Gasteiger partial charge in [0.2, 0.25) is 0 Å².